The van der Waals surface area contributed by atoms with E-state index in [2.05, 4.69) is 53.7 Å². The van der Waals surface area contributed by atoms with Crippen molar-refractivity contribution in [3.05, 3.63) is 72.1 Å². The molecule has 3 aromatic rings. The minimum atomic E-state index is -0.515. The second kappa shape index (κ2) is 9.32. The quantitative estimate of drug-likeness (QED) is 0.595. The molecule has 1 N–H and O–H groups in total. The number of carbonyl (C=O) groups excluding carboxylic acids is 1. The largest absolute Gasteiger partial charge is 0.492 e. The third-order valence-electron chi connectivity index (χ3n) is 4.65. The van der Waals surface area contributed by atoms with Gasteiger partial charge in [-0.3, -0.25) is 4.79 Å². The molecule has 0 aliphatic rings. The second-order valence-corrected chi connectivity index (χ2v) is 7.91. The van der Waals surface area contributed by atoms with Crippen LogP contribution in [0.25, 0.3) is 0 Å². The monoisotopic (exact) mass is 393 g/mol. The molecule has 0 aliphatic heterocycles. The van der Waals surface area contributed by atoms with E-state index in [9.17, 15) is 4.79 Å². The molecule has 0 saturated carbocycles. The molecule has 29 heavy (non-hydrogen) atoms. The van der Waals surface area contributed by atoms with Crippen LogP contribution in [0.1, 0.15) is 37.9 Å². The van der Waals surface area contributed by atoms with Crippen LogP contribution >= 0.6 is 0 Å². The Bertz CT molecular complexity index is 887. The van der Waals surface area contributed by atoms with Crippen LogP contribution in [-0.2, 0) is 16.6 Å². The SMILES string of the molecule is CC(C)(C)c1ccc(OCCNC(=O)C(Cc2ccccc2)n2cnnn2)cc1. The van der Waals surface area contributed by atoms with Gasteiger partial charge < -0.3 is 10.1 Å². The Morgan fingerprint density at radius 2 is 1.83 bits per heavy atom. The van der Waals surface area contributed by atoms with Crippen LogP contribution in [0.3, 0.4) is 0 Å². The van der Waals surface area contributed by atoms with Crippen molar-refractivity contribution in [3.63, 3.8) is 0 Å². The van der Waals surface area contributed by atoms with Gasteiger partial charge in [-0.1, -0.05) is 63.2 Å². The number of tetrazole rings is 1. The maximum atomic E-state index is 12.7. The number of hydrogen-bond donors (Lipinski definition) is 1. The van der Waals surface area contributed by atoms with Crippen molar-refractivity contribution in [2.75, 3.05) is 13.2 Å². The Kier molecular flexibility index (Phi) is 6.59. The number of benzene rings is 2. The first kappa shape index (κ1) is 20.5. The smallest absolute Gasteiger partial charge is 0.245 e. The summed E-state index contributed by atoms with van der Waals surface area (Å²) in [6, 6.07) is 17.3. The zero-order valence-corrected chi connectivity index (χ0v) is 17.1. The van der Waals surface area contributed by atoms with Crippen molar-refractivity contribution in [1.29, 1.82) is 0 Å². The topological polar surface area (TPSA) is 81.9 Å². The van der Waals surface area contributed by atoms with Gasteiger partial charge in [-0.05, 0) is 39.1 Å². The van der Waals surface area contributed by atoms with Gasteiger partial charge in [0.05, 0.1) is 6.54 Å². The molecule has 0 radical (unpaired) electrons. The van der Waals surface area contributed by atoms with E-state index in [-0.39, 0.29) is 11.3 Å². The number of nitrogens with zero attached hydrogens (tertiary/aromatic N) is 4. The zero-order chi connectivity index (χ0) is 20.7. The molecule has 1 unspecified atom stereocenters. The highest BCUT2D eigenvalue weighted by Gasteiger charge is 2.22. The van der Waals surface area contributed by atoms with Gasteiger partial charge in [0.2, 0.25) is 5.91 Å². The predicted octanol–water partition coefficient (Wildman–Crippen LogP) is 2.95. The first-order valence-electron chi connectivity index (χ1n) is 9.71. The van der Waals surface area contributed by atoms with Gasteiger partial charge >= 0.3 is 0 Å². The number of carbonyl (C=O) groups is 1. The fraction of sp³-hybridized carbons (Fsp3) is 0.364. The molecule has 1 amide bonds. The van der Waals surface area contributed by atoms with Crippen LogP contribution in [0, 0.1) is 0 Å². The van der Waals surface area contributed by atoms with Crippen LogP contribution in [0.4, 0.5) is 0 Å². The third kappa shape index (κ3) is 5.88. The van der Waals surface area contributed by atoms with E-state index in [0.717, 1.165) is 11.3 Å². The molecular weight excluding hydrogens is 366 g/mol. The lowest BCUT2D eigenvalue weighted by atomic mass is 9.87. The van der Waals surface area contributed by atoms with Crippen LogP contribution in [0.15, 0.2) is 60.9 Å². The van der Waals surface area contributed by atoms with E-state index in [1.54, 1.807) is 0 Å². The Morgan fingerprint density at radius 1 is 1.10 bits per heavy atom. The second-order valence-electron chi connectivity index (χ2n) is 7.91. The molecule has 0 spiro atoms. The van der Waals surface area contributed by atoms with Crippen molar-refractivity contribution in [2.45, 2.75) is 38.6 Å². The maximum absolute atomic E-state index is 12.7. The summed E-state index contributed by atoms with van der Waals surface area (Å²) < 4.78 is 7.23. The summed E-state index contributed by atoms with van der Waals surface area (Å²) in [6.07, 6.45) is 1.97. The molecule has 0 saturated heterocycles. The number of amides is 1. The van der Waals surface area contributed by atoms with E-state index >= 15 is 0 Å². The van der Waals surface area contributed by atoms with E-state index in [4.69, 9.17) is 4.74 Å². The van der Waals surface area contributed by atoms with E-state index in [1.165, 1.54) is 16.6 Å². The summed E-state index contributed by atoms with van der Waals surface area (Å²) in [4.78, 5) is 12.7. The molecule has 0 fully saturated rings. The van der Waals surface area contributed by atoms with Gasteiger partial charge in [-0.25, -0.2) is 4.68 Å². The van der Waals surface area contributed by atoms with Crippen LogP contribution in [0.5, 0.6) is 5.75 Å². The number of aromatic nitrogens is 4. The Hall–Kier alpha value is -3.22. The van der Waals surface area contributed by atoms with E-state index in [1.807, 2.05) is 42.5 Å². The molecule has 1 aromatic heterocycles. The molecule has 152 valence electrons. The van der Waals surface area contributed by atoms with Gasteiger partial charge in [0, 0.05) is 6.42 Å². The number of nitrogens with one attached hydrogen (secondary N) is 1. The third-order valence-corrected chi connectivity index (χ3v) is 4.65. The minimum absolute atomic E-state index is 0.108. The number of rotatable bonds is 8. The average Bonchev–Trinajstić information content (AvgIpc) is 3.24. The first-order valence-corrected chi connectivity index (χ1v) is 9.71. The fourth-order valence-corrected chi connectivity index (χ4v) is 2.97. The highest BCUT2D eigenvalue weighted by Crippen LogP contribution is 2.24. The van der Waals surface area contributed by atoms with Crippen molar-refractivity contribution >= 4 is 5.91 Å². The summed E-state index contributed by atoms with van der Waals surface area (Å²) in [5.74, 6) is 0.640. The Labute approximate surface area is 171 Å². The van der Waals surface area contributed by atoms with Gasteiger partial charge in [0.1, 0.15) is 24.7 Å². The minimum Gasteiger partial charge on any atom is -0.492 e. The zero-order valence-electron chi connectivity index (χ0n) is 17.1. The first-order chi connectivity index (χ1) is 13.9. The summed E-state index contributed by atoms with van der Waals surface area (Å²) in [7, 11) is 0. The summed E-state index contributed by atoms with van der Waals surface area (Å²) in [6.45, 7) is 7.31. The van der Waals surface area contributed by atoms with Crippen molar-refractivity contribution in [3.8, 4) is 5.75 Å². The van der Waals surface area contributed by atoms with E-state index < -0.39 is 6.04 Å². The van der Waals surface area contributed by atoms with Crippen LogP contribution < -0.4 is 10.1 Å². The molecule has 1 atom stereocenters. The van der Waals surface area contributed by atoms with Gasteiger partial charge in [0.15, 0.2) is 0 Å². The standard InChI is InChI=1S/C22H27N5O2/c1-22(2,3)18-9-11-19(12-10-18)29-14-13-23-21(28)20(27-16-24-25-26-27)15-17-7-5-4-6-8-17/h4-12,16,20H,13-15H2,1-3H3,(H,23,28). The summed E-state index contributed by atoms with van der Waals surface area (Å²) >= 11 is 0. The molecule has 7 heteroatoms. The summed E-state index contributed by atoms with van der Waals surface area (Å²) in [5, 5.41) is 14.1. The van der Waals surface area contributed by atoms with E-state index in [0.29, 0.717) is 19.6 Å². The predicted molar refractivity (Wildman–Crippen MR) is 111 cm³/mol. The van der Waals surface area contributed by atoms with Gasteiger partial charge in [-0.2, -0.15) is 0 Å². The molecular formula is C22H27N5O2. The highest BCUT2D eigenvalue weighted by atomic mass is 16.5. The van der Waals surface area contributed by atoms with Gasteiger partial charge in [-0.15, -0.1) is 5.10 Å². The fourth-order valence-electron chi connectivity index (χ4n) is 2.97. The highest BCUT2D eigenvalue weighted by molar-refractivity contribution is 5.80. The van der Waals surface area contributed by atoms with Crippen molar-refractivity contribution in [2.24, 2.45) is 0 Å². The average molecular weight is 393 g/mol. The molecule has 7 nitrogen and oxygen atoms in total. The lowest BCUT2D eigenvalue weighted by molar-refractivity contribution is -0.124. The molecule has 3 rings (SSSR count). The van der Waals surface area contributed by atoms with Crippen molar-refractivity contribution < 1.29 is 9.53 Å². The molecule has 0 bridgehead atoms. The molecule has 1 heterocycles. The van der Waals surface area contributed by atoms with Gasteiger partial charge in [0.25, 0.3) is 0 Å². The maximum Gasteiger partial charge on any atom is 0.245 e. The number of ether oxygens (including phenoxy) is 1. The normalized spacial score (nSPS) is 12.4. The lowest BCUT2D eigenvalue weighted by Crippen LogP contribution is -2.36. The number of hydrogen-bond acceptors (Lipinski definition) is 5. The molecule has 2 aromatic carbocycles. The van der Waals surface area contributed by atoms with Crippen LogP contribution in [0.2, 0.25) is 0 Å². The van der Waals surface area contributed by atoms with Crippen LogP contribution in [-0.4, -0.2) is 39.3 Å². The Balaban J connectivity index is 1.52. The summed E-state index contributed by atoms with van der Waals surface area (Å²) in [5.41, 5.74) is 2.40. The Morgan fingerprint density at radius 3 is 2.45 bits per heavy atom. The van der Waals surface area contributed by atoms with Crippen molar-refractivity contribution in [1.82, 2.24) is 25.5 Å². The molecule has 0 aliphatic carbocycles. The lowest BCUT2D eigenvalue weighted by Gasteiger charge is -2.19.